The summed E-state index contributed by atoms with van der Waals surface area (Å²) in [6, 6.07) is 61.7. The molecule has 0 saturated heterocycles. The van der Waals surface area contributed by atoms with Crippen molar-refractivity contribution in [2.45, 2.75) is 51.4 Å². The highest BCUT2D eigenvalue weighted by atomic mass is 15.2. The van der Waals surface area contributed by atoms with E-state index in [1.807, 2.05) is 0 Å². The van der Waals surface area contributed by atoms with Gasteiger partial charge in [0.05, 0.1) is 33.3 Å². The Balaban J connectivity index is 1.25. The highest BCUT2D eigenvalue weighted by Gasteiger charge is 2.39. The molecule has 1 aliphatic rings. The van der Waals surface area contributed by atoms with Crippen LogP contribution >= 0.6 is 0 Å². The van der Waals surface area contributed by atoms with Gasteiger partial charge in [0.25, 0.3) is 0 Å². The third kappa shape index (κ3) is 5.10. The second kappa shape index (κ2) is 12.7. The lowest BCUT2D eigenvalue weighted by molar-refractivity contribution is 0.334. The number of aromatic nitrogens is 4. The Labute approximate surface area is 349 Å². The summed E-state index contributed by atoms with van der Waals surface area (Å²) in [6.07, 6.45) is 2.27. The van der Waals surface area contributed by atoms with Crippen LogP contribution in [0.3, 0.4) is 0 Å². The maximum absolute atomic E-state index is 5.62. The molecule has 288 valence electrons. The third-order valence-corrected chi connectivity index (χ3v) is 13.5. The maximum atomic E-state index is 5.62. The van der Waals surface area contributed by atoms with Crippen LogP contribution in [0.15, 0.2) is 170 Å². The van der Waals surface area contributed by atoms with Crippen LogP contribution in [0.5, 0.6) is 0 Å². The van der Waals surface area contributed by atoms with Crippen LogP contribution in [-0.2, 0) is 10.8 Å². The van der Waals surface area contributed by atoms with Crippen LogP contribution in [-0.4, -0.2) is 19.1 Å². The van der Waals surface area contributed by atoms with E-state index in [0.717, 1.165) is 62.8 Å². The Morgan fingerprint density at radius 3 is 1.90 bits per heavy atom. The van der Waals surface area contributed by atoms with Crippen LogP contribution in [0.2, 0.25) is 0 Å². The minimum absolute atomic E-state index is 0.0313. The molecule has 0 bridgehead atoms. The van der Waals surface area contributed by atoms with Crippen LogP contribution in [0.1, 0.15) is 51.7 Å². The summed E-state index contributed by atoms with van der Waals surface area (Å²) in [4.78, 5) is 11.1. The predicted molar refractivity (Wildman–Crippen MR) is 252 cm³/mol. The fourth-order valence-corrected chi connectivity index (χ4v) is 10.5. The smallest absolute Gasteiger partial charge is 0.235 e. The molecule has 12 rings (SSSR count). The lowest BCUT2D eigenvalue weighted by Gasteiger charge is -2.42. The van der Waals surface area contributed by atoms with E-state index in [1.54, 1.807) is 0 Å². The zero-order valence-electron chi connectivity index (χ0n) is 34.4. The first-order valence-corrected chi connectivity index (χ1v) is 21.2. The summed E-state index contributed by atoms with van der Waals surface area (Å²) in [7, 11) is 0. The minimum Gasteiger partial charge on any atom is -0.309 e. The summed E-state index contributed by atoms with van der Waals surface area (Å²) in [5, 5.41) is 8.62. The fourth-order valence-electron chi connectivity index (χ4n) is 10.5. The molecule has 4 heteroatoms. The summed E-state index contributed by atoms with van der Waals surface area (Å²) in [6.45, 7) is 9.74. The minimum atomic E-state index is -0.0313. The molecule has 3 aromatic heterocycles. The van der Waals surface area contributed by atoms with Gasteiger partial charge in [-0.1, -0.05) is 149 Å². The number of hydrogen-bond acceptors (Lipinski definition) is 2. The summed E-state index contributed by atoms with van der Waals surface area (Å²) >= 11 is 0. The van der Waals surface area contributed by atoms with Gasteiger partial charge in [0.2, 0.25) is 5.95 Å². The number of benzene rings is 8. The van der Waals surface area contributed by atoms with E-state index in [-0.39, 0.29) is 10.8 Å². The summed E-state index contributed by atoms with van der Waals surface area (Å²) in [5.41, 5.74) is 13.9. The van der Waals surface area contributed by atoms with E-state index >= 15 is 0 Å². The Bertz CT molecular complexity index is 3530. The molecule has 1 aliphatic carbocycles. The van der Waals surface area contributed by atoms with Crippen molar-refractivity contribution in [1.82, 2.24) is 19.1 Å². The molecule has 3 heterocycles. The first-order chi connectivity index (χ1) is 29.2. The van der Waals surface area contributed by atoms with Gasteiger partial charge in [-0.2, -0.15) is 0 Å². The molecule has 0 fully saturated rings. The molecule has 8 aromatic carbocycles. The van der Waals surface area contributed by atoms with Gasteiger partial charge in [-0.05, 0) is 105 Å². The van der Waals surface area contributed by atoms with Crippen molar-refractivity contribution >= 4 is 65.3 Å². The molecule has 0 atom stereocenters. The Hall–Kier alpha value is -7.04. The monoisotopic (exact) mass is 772 g/mol. The number of para-hydroxylation sites is 2. The van der Waals surface area contributed by atoms with Gasteiger partial charge in [0.15, 0.2) is 0 Å². The van der Waals surface area contributed by atoms with Crippen molar-refractivity contribution in [3.05, 3.63) is 181 Å². The standard InChI is InChI=1S/C56H44N4/c1-55(2)30-31-56(3,4)52-44(55)27-29-47-51(52)43-33-42-48(59(39-21-9-6-10-22-39)46-28-26-36-18-11-12-23-40(36)50(42)46)34-49(43)60(47)54-57-45-25-14-13-24-41(45)53(58-54)38-20-15-19-37(32-38)35-16-7-5-8-17-35/h5-29,32-34H,30-31H2,1-4H3. The number of fused-ring (bicyclic) bond motifs is 11. The Morgan fingerprint density at radius 1 is 0.433 bits per heavy atom. The van der Waals surface area contributed by atoms with Crippen molar-refractivity contribution in [2.75, 3.05) is 0 Å². The lowest BCUT2D eigenvalue weighted by atomic mass is 9.62. The van der Waals surface area contributed by atoms with Gasteiger partial charge in [-0.25, -0.2) is 9.97 Å². The van der Waals surface area contributed by atoms with E-state index in [9.17, 15) is 0 Å². The van der Waals surface area contributed by atoms with E-state index in [4.69, 9.17) is 9.97 Å². The Kier molecular flexibility index (Phi) is 7.41. The molecule has 0 N–H and O–H groups in total. The maximum Gasteiger partial charge on any atom is 0.235 e. The molecular formula is C56H44N4. The largest absolute Gasteiger partial charge is 0.309 e. The van der Waals surface area contributed by atoms with Gasteiger partial charge in [-0.15, -0.1) is 0 Å². The molecule has 0 radical (unpaired) electrons. The zero-order valence-corrected chi connectivity index (χ0v) is 34.4. The van der Waals surface area contributed by atoms with Crippen molar-refractivity contribution in [3.8, 4) is 34.0 Å². The second-order valence-electron chi connectivity index (χ2n) is 18.1. The van der Waals surface area contributed by atoms with Gasteiger partial charge in [-0.3, -0.25) is 4.57 Å². The average Bonchev–Trinajstić information content (AvgIpc) is 3.79. The van der Waals surface area contributed by atoms with Gasteiger partial charge >= 0.3 is 0 Å². The normalized spacial score (nSPS) is 14.8. The van der Waals surface area contributed by atoms with Crippen LogP contribution in [0.25, 0.3) is 99.3 Å². The van der Waals surface area contributed by atoms with Crippen molar-refractivity contribution < 1.29 is 0 Å². The molecule has 0 saturated carbocycles. The number of nitrogens with zero attached hydrogens (tertiary/aromatic N) is 4. The van der Waals surface area contributed by atoms with Crippen molar-refractivity contribution in [1.29, 1.82) is 0 Å². The Morgan fingerprint density at radius 2 is 1.07 bits per heavy atom. The van der Waals surface area contributed by atoms with Gasteiger partial charge in [0, 0.05) is 38.2 Å². The first kappa shape index (κ1) is 35.0. The molecule has 4 nitrogen and oxygen atoms in total. The van der Waals surface area contributed by atoms with E-state index in [0.29, 0.717) is 5.95 Å². The van der Waals surface area contributed by atoms with Crippen LogP contribution in [0, 0.1) is 0 Å². The highest BCUT2D eigenvalue weighted by molar-refractivity contribution is 6.25. The zero-order chi connectivity index (χ0) is 40.3. The summed E-state index contributed by atoms with van der Waals surface area (Å²) in [5.74, 6) is 0.675. The molecular weight excluding hydrogens is 729 g/mol. The average molecular weight is 773 g/mol. The molecule has 0 unspecified atom stereocenters. The van der Waals surface area contributed by atoms with Crippen molar-refractivity contribution in [2.24, 2.45) is 0 Å². The summed E-state index contributed by atoms with van der Waals surface area (Å²) < 4.78 is 4.81. The van der Waals surface area contributed by atoms with Gasteiger partial charge < -0.3 is 4.57 Å². The topological polar surface area (TPSA) is 35.6 Å². The highest BCUT2D eigenvalue weighted by Crippen LogP contribution is 2.52. The molecule has 0 aliphatic heterocycles. The quantitative estimate of drug-likeness (QED) is 0.179. The third-order valence-electron chi connectivity index (χ3n) is 13.5. The number of rotatable bonds is 4. The molecule has 60 heavy (non-hydrogen) atoms. The van der Waals surface area contributed by atoms with E-state index in [1.165, 1.54) is 54.5 Å². The first-order valence-electron chi connectivity index (χ1n) is 21.2. The van der Waals surface area contributed by atoms with E-state index < -0.39 is 0 Å². The van der Waals surface area contributed by atoms with Crippen LogP contribution in [0.4, 0.5) is 0 Å². The molecule has 11 aromatic rings. The van der Waals surface area contributed by atoms with Crippen molar-refractivity contribution in [3.63, 3.8) is 0 Å². The lowest BCUT2D eigenvalue weighted by Crippen LogP contribution is -2.34. The SMILES string of the molecule is CC1(C)CCC(C)(C)c2c1ccc1c2c2cc3c4c5ccccc5ccc4n(-c4ccccc4)c3cc2n1-c1nc(-c2cccc(-c3ccccc3)c2)c2ccccc2n1. The predicted octanol–water partition coefficient (Wildman–Crippen LogP) is 14.7. The molecule has 0 amide bonds. The van der Waals surface area contributed by atoms with Crippen LogP contribution < -0.4 is 0 Å². The fraction of sp³-hybridized carbons (Fsp3) is 0.143. The van der Waals surface area contributed by atoms with E-state index in [2.05, 4.69) is 207 Å². The second-order valence-corrected chi connectivity index (χ2v) is 18.1. The van der Waals surface area contributed by atoms with Gasteiger partial charge in [0.1, 0.15) is 0 Å². The number of hydrogen-bond donors (Lipinski definition) is 0. The molecule has 0 spiro atoms.